The molecule has 0 aliphatic rings. The maximum Gasteiger partial charge on any atom is 0.0183 e. The summed E-state index contributed by atoms with van der Waals surface area (Å²) in [5, 5.41) is 2.17. The fourth-order valence-corrected chi connectivity index (χ4v) is 2.83. The molecule has 0 aliphatic heterocycles. The van der Waals surface area contributed by atoms with Gasteiger partial charge >= 0.3 is 0 Å². The lowest BCUT2D eigenvalue weighted by Gasteiger charge is -2.14. The van der Waals surface area contributed by atoms with Crippen LogP contribution in [-0.4, -0.2) is 0 Å². The molecule has 78 valence electrons. The van der Waals surface area contributed by atoms with Crippen LogP contribution < -0.4 is 0 Å². The van der Waals surface area contributed by atoms with E-state index < -0.39 is 0 Å². The number of benzene rings is 1. The Morgan fingerprint density at radius 2 is 1.87 bits per heavy atom. The standard InChI is InChI=1S/C14H16S/c1-2-7-13(14-10-6-11-15-14)12-8-4-3-5-9-12/h3-6,8-11,13H,2,7H2,1H3/t13-/m0/s1. The van der Waals surface area contributed by atoms with Crippen molar-refractivity contribution < 1.29 is 0 Å². The molecule has 0 unspecified atom stereocenters. The van der Waals surface area contributed by atoms with Crippen molar-refractivity contribution in [1.82, 2.24) is 0 Å². The Bertz CT molecular complexity index is 375. The zero-order valence-electron chi connectivity index (χ0n) is 9.02. The first-order chi connectivity index (χ1) is 7.42. The molecule has 0 nitrogen and oxygen atoms in total. The molecular weight excluding hydrogens is 200 g/mol. The highest BCUT2D eigenvalue weighted by Crippen LogP contribution is 2.31. The van der Waals surface area contributed by atoms with E-state index in [-0.39, 0.29) is 0 Å². The van der Waals surface area contributed by atoms with Gasteiger partial charge in [0.25, 0.3) is 0 Å². The lowest BCUT2D eigenvalue weighted by molar-refractivity contribution is 0.708. The number of hydrogen-bond acceptors (Lipinski definition) is 1. The highest BCUT2D eigenvalue weighted by atomic mass is 32.1. The molecule has 0 radical (unpaired) electrons. The summed E-state index contributed by atoms with van der Waals surface area (Å²) in [7, 11) is 0. The van der Waals surface area contributed by atoms with Gasteiger partial charge in [-0.05, 0) is 23.4 Å². The molecule has 1 aromatic carbocycles. The van der Waals surface area contributed by atoms with E-state index in [1.54, 1.807) is 0 Å². The van der Waals surface area contributed by atoms with Crippen molar-refractivity contribution in [3.8, 4) is 0 Å². The minimum atomic E-state index is 0.594. The molecule has 1 heterocycles. The van der Waals surface area contributed by atoms with E-state index >= 15 is 0 Å². The van der Waals surface area contributed by atoms with Gasteiger partial charge in [-0.2, -0.15) is 0 Å². The minimum Gasteiger partial charge on any atom is -0.148 e. The van der Waals surface area contributed by atoms with E-state index in [9.17, 15) is 0 Å². The predicted molar refractivity (Wildman–Crippen MR) is 67.5 cm³/mol. The Labute approximate surface area is 95.6 Å². The average Bonchev–Trinajstić information content (AvgIpc) is 2.80. The number of hydrogen-bond donors (Lipinski definition) is 0. The van der Waals surface area contributed by atoms with Crippen LogP contribution in [0.1, 0.15) is 36.1 Å². The van der Waals surface area contributed by atoms with E-state index in [0.717, 1.165) is 0 Å². The minimum absolute atomic E-state index is 0.594. The van der Waals surface area contributed by atoms with Crippen molar-refractivity contribution in [3.05, 3.63) is 58.3 Å². The van der Waals surface area contributed by atoms with Crippen LogP contribution in [0.2, 0.25) is 0 Å². The van der Waals surface area contributed by atoms with Gasteiger partial charge in [0, 0.05) is 10.8 Å². The van der Waals surface area contributed by atoms with Gasteiger partial charge in [-0.15, -0.1) is 11.3 Å². The third-order valence-corrected chi connectivity index (χ3v) is 3.65. The smallest absolute Gasteiger partial charge is 0.0183 e. The van der Waals surface area contributed by atoms with Crippen molar-refractivity contribution in [2.24, 2.45) is 0 Å². The Kier molecular flexibility index (Phi) is 3.57. The summed E-state index contributed by atoms with van der Waals surface area (Å²) < 4.78 is 0. The Morgan fingerprint density at radius 1 is 1.07 bits per heavy atom. The van der Waals surface area contributed by atoms with Crippen molar-refractivity contribution in [2.45, 2.75) is 25.7 Å². The van der Waals surface area contributed by atoms with Crippen LogP contribution in [0.15, 0.2) is 47.8 Å². The van der Waals surface area contributed by atoms with Crippen LogP contribution in [-0.2, 0) is 0 Å². The average molecular weight is 216 g/mol. The SMILES string of the molecule is CCC[C@@H](c1ccccc1)c1cccs1. The highest BCUT2D eigenvalue weighted by Gasteiger charge is 2.13. The first-order valence-electron chi connectivity index (χ1n) is 5.50. The van der Waals surface area contributed by atoms with Gasteiger partial charge < -0.3 is 0 Å². The van der Waals surface area contributed by atoms with Gasteiger partial charge in [-0.3, -0.25) is 0 Å². The normalized spacial score (nSPS) is 12.6. The molecule has 0 bridgehead atoms. The van der Waals surface area contributed by atoms with Crippen LogP contribution in [0.25, 0.3) is 0 Å². The molecule has 2 aromatic rings. The van der Waals surface area contributed by atoms with Gasteiger partial charge in [0.05, 0.1) is 0 Å². The quantitative estimate of drug-likeness (QED) is 0.696. The highest BCUT2D eigenvalue weighted by molar-refractivity contribution is 7.10. The van der Waals surface area contributed by atoms with E-state index in [1.165, 1.54) is 23.3 Å². The lowest BCUT2D eigenvalue weighted by atomic mass is 9.93. The lowest BCUT2D eigenvalue weighted by Crippen LogP contribution is -1.97. The first kappa shape index (κ1) is 10.4. The summed E-state index contributed by atoms with van der Waals surface area (Å²) in [5.74, 6) is 0.594. The van der Waals surface area contributed by atoms with E-state index in [4.69, 9.17) is 0 Å². The Hall–Kier alpha value is -1.08. The molecule has 0 spiro atoms. The predicted octanol–water partition coefficient (Wildman–Crippen LogP) is 4.68. The van der Waals surface area contributed by atoms with E-state index in [1.807, 2.05) is 11.3 Å². The van der Waals surface area contributed by atoms with Gasteiger partial charge in [0.15, 0.2) is 0 Å². The second kappa shape index (κ2) is 5.13. The molecule has 0 saturated heterocycles. The molecule has 0 amide bonds. The van der Waals surface area contributed by atoms with Crippen LogP contribution >= 0.6 is 11.3 Å². The fourth-order valence-electron chi connectivity index (χ4n) is 1.94. The molecule has 0 aliphatic carbocycles. The second-order valence-electron chi connectivity index (χ2n) is 3.77. The van der Waals surface area contributed by atoms with Crippen molar-refractivity contribution in [1.29, 1.82) is 0 Å². The zero-order chi connectivity index (χ0) is 10.5. The monoisotopic (exact) mass is 216 g/mol. The molecule has 1 heteroatoms. The van der Waals surface area contributed by atoms with Gasteiger partial charge in [-0.25, -0.2) is 0 Å². The Morgan fingerprint density at radius 3 is 2.47 bits per heavy atom. The van der Waals surface area contributed by atoms with Crippen LogP contribution in [0.5, 0.6) is 0 Å². The maximum absolute atomic E-state index is 2.25. The van der Waals surface area contributed by atoms with Crippen molar-refractivity contribution in [3.63, 3.8) is 0 Å². The fraction of sp³-hybridized carbons (Fsp3) is 0.286. The summed E-state index contributed by atoms with van der Waals surface area (Å²) in [6, 6.07) is 15.2. The molecular formula is C14H16S. The van der Waals surface area contributed by atoms with Gasteiger partial charge in [0.1, 0.15) is 0 Å². The van der Waals surface area contributed by atoms with E-state index in [2.05, 4.69) is 54.8 Å². The number of rotatable bonds is 4. The molecule has 2 rings (SSSR count). The third kappa shape index (κ3) is 2.48. The van der Waals surface area contributed by atoms with Crippen molar-refractivity contribution >= 4 is 11.3 Å². The first-order valence-corrected chi connectivity index (χ1v) is 6.38. The van der Waals surface area contributed by atoms with Crippen LogP contribution in [0.3, 0.4) is 0 Å². The molecule has 0 N–H and O–H groups in total. The van der Waals surface area contributed by atoms with Gasteiger partial charge in [-0.1, -0.05) is 49.7 Å². The van der Waals surface area contributed by atoms with E-state index in [0.29, 0.717) is 5.92 Å². The summed E-state index contributed by atoms with van der Waals surface area (Å²) in [4.78, 5) is 1.49. The van der Waals surface area contributed by atoms with Crippen LogP contribution in [0, 0.1) is 0 Å². The number of thiophene rings is 1. The molecule has 1 atom stereocenters. The second-order valence-corrected chi connectivity index (χ2v) is 4.75. The topological polar surface area (TPSA) is 0 Å². The zero-order valence-corrected chi connectivity index (χ0v) is 9.84. The molecule has 0 fully saturated rings. The summed E-state index contributed by atoms with van der Waals surface area (Å²) in [5.41, 5.74) is 1.45. The summed E-state index contributed by atoms with van der Waals surface area (Å²) >= 11 is 1.87. The van der Waals surface area contributed by atoms with Crippen LogP contribution in [0.4, 0.5) is 0 Å². The summed E-state index contributed by atoms with van der Waals surface area (Å²) in [6.45, 7) is 2.25. The Balaban J connectivity index is 2.28. The molecule has 15 heavy (non-hydrogen) atoms. The maximum atomic E-state index is 2.25. The third-order valence-electron chi connectivity index (χ3n) is 2.67. The largest absolute Gasteiger partial charge is 0.148 e. The van der Waals surface area contributed by atoms with Crippen molar-refractivity contribution in [2.75, 3.05) is 0 Å². The molecule has 0 saturated carbocycles. The molecule has 1 aromatic heterocycles. The summed E-state index contributed by atoms with van der Waals surface area (Å²) in [6.07, 6.45) is 2.47. The van der Waals surface area contributed by atoms with Gasteiger partial charge in [0.2, 0.25) is 0 Å².